The molecule has 28 heavy (non-hydrogen) atoms. The molecule has 0 aliphatic carbocycles. The van der Waals surface area contributed by atoms with Crippen molar-refractivity contribution >= 4 is 40.7 Å². The summed E-state index contributed by atoms with van der Waals surface area (Å²) in [5.41, 5.74) is 0.825. The fourth-order valence-corrected chi connectivity index (χ4v) is 3.28. The number of fused-ring (bicyclic) bond motifs is 1. The van der Waals surface area contributed by atoms with Gasteiger partial charge < -0.3 is 18.9 Å². The lowest BCUT2D eigenvalue weighted by Crippen LogP contribution is -2.40. The van der Waals surface area contributed by atoms with Crippen molar-refractivity contribution in [2.45, 2.75) is 45.3 Å². The third kappa shape index (κ3) is 4.07. The Balaban J connectivity index is 2.02. The van der Waals surface area contributed by atoms with Crippen LogP contribution in [0.15, 0.2) is 18.6 Å². The van der Waals surface area contributed by atoms with E-state index < -0.39 is 42.4 Å². The normalized spacial score (nSPS) is 24.1. The summed E-state index contributed by atoms with van der Waals surface area (Å²) in [6.07, 6.45) is -0.875. The molecule has 0 N–H and O–H groups in total. The van der Waals surface area contributed by atoms with Crippen molar-refractivity contribution in [2.75, 3.05) is 6.61 Å². The average molecular weight is 412 g/mol. The van der Waals surface area contributed by atoms with E-state index in [4.69, 9.17) is 30.5 Å². The first-order chi connectivity index (χ1) is 13.3. The number of aromatic nitrogens is 3. The predicted octanol–water partition coefficient (Wildman–Crippen LogP) is 1.41. The van der Waals surface area contributed by atoms with Crippen LogP contribution in [0.4, 0.5) is 0 Å². The van der Waals surface area contributed by atoms with Gasteiger partial charge >= 0.3 is 17.9 Å². The molecule has 3 rings (SSSR count). The van der Waals surface area contributed by atoms with E-state index in [1.807, 2.05) is 0 Å². The van der Waals surface area contributed by atoms with E-state index in [1.54, 1.807) is 10.6 Å². The Bertz CT molecular complexity index is 915. The largest absolute Gasteiger partial charge is 0.463 e. The van der Waals surface area contributed by atoms with Gasteiger partial charge in [0.25, 0.3) is 0 Å². The molecule has 2 aromatic rings. The van der Waals surface area contributed by atoms with Crippen LogP contribution >= 0.6 is 11.6 Å². The highest BCUT2D eigenvalue weighted by molar-refractivity contribution is 6.34. The molecule has 11 heteroatoms. The van der Waals surface area contributed by atoms with E-state index in [0.717, 1.165) is 0 Å². The Hall–Kier alpha value is -2.72. The minimum absolute atomic E-state index is 0.194. The molecule has 10 nitrogen and oxygen atoms in total. The summed E-state index contributed by atoms with van der Waals surface area (Å²) in [6, 6.07) is 1.58. The molecule has 0 saturated carbocycles. The summed E-state index contributed by atoms with van der Waals surface area (Å²) in [4.78, 5) is 42.8. The number of ether oxygens (including phenoxy) is 4. The Kier molecular flexibility index (Phi) is 5.80. The van der Waals surface area contributed by atoms with Crippen molar-refractivity contribution in [2.24, 2.45) is 0 Å². The number of carbonyl (C=O) groups is 3. The number of esters is 3. The van der Waals surface area contributed by atoms with Crippen molar-refractivity contribution in [1.29, 1.82) is 0 Å². The maximum atomic E-state index is 11.7. The highest BCUT2D eigenvalue weighted by Gasteiger charge is 2.51. The van der Waals surface area contributed by atoms with Crippen molar-refractivity contribution in [3.05, 3.63) is 23.6 Å². The highest BCUT2D eigenvalue weighted by atomic mass is 35.5. The van der Waals surface area contributed by atoms with Gasteiger partial charge in [-0.15, -0.1) is 0 Å². The van der Waals surface area contributed by atoms with Crippen LogP contribution in [-0.4, -0.2) is 57.4 Å². The molecule has 1 fully saturated rings. The quantitative estimate of drug-likeness (QED) is 0.531. The molecule has 1 aliphatic heterocycles. The molecular formula is C17H18ClN3O7. The Morgan fingerprint density at radius 1 is 1.11 bits per heavy atom. The maximum absolute atomic E-state index is 11.7. The first-order valence-corrected chi connectivity index (χ1v) is 8.76. The second-order valence-corrected chi connectivity index (χ2v) is 6.54. The van der Waals surface area contributed by atoms with E-state index in [9.17, 15) is 14.4 Å². The highest BCUT2D eigenvalue weighted by Crippen LogP contribution is 2.37. The zero-order valence-electron chi connectivity index (χ0n) is 15.3. The lowest BCUT2D eigenvalue weighted by atomic mass is 10.1. The van der Waals surface area contributed by atoms with Crippen LogP contribution in [0.25, 0.3) is 11.2 Å². The summed E-state index contributed by atoms with van der Waals surface area (Å²) in [7, 11) is 0. The second kappa shape index (κ2) is 8.11. The Morgan fingerprint density at radius 3 is 2.43 bits per heavy atom. The predicted molar refractivity (Wildman–Crippen MR) is 94.2 cm³/mol. The van der Waals surface area contributed by atoms with Gasteiger partial charge in [-0.1, -0.05) is 11.6 Å². The van der Waals surface area contributed by atoms with E-state index in [2.05, 4.69) is 9.97 Å². The van der Waals surface area contributed by atoms with Gasteiger partial charge in [0, 0.05) is 27.0 Å². The van der Waals surface area contributed by atoms with Crippen LogP contribution in [0.1, 0.15) is 27.0 Å². The van der Waals surface area contributed by atoms with Gasteiger partial charge in [0.15, 0.2) is 24.1 Å². The minimum Gasteiger partial charge on any atom is -0.463 e. The average Bonchev–Trinajstić information content (AvgIpc) is 3.16. The van der Waals surface area contributed by atoms with Gasteiger partial charge in [0.2, 0.25) is 0 Å². The molecule has 1 aliphatic rings. The van der Waals surface area contributed by atoms with Crippen LogP contribution < -0.4 is 0 Å². The third-order valence-corrected chi connectivity index (χ3v) is 4.34. The smallest absolute Gasteiger partial charge is 0.303 e. The van der Waals surface area contributed by atoms with Crippen molar-refractivity contribution in [1.82, 2.24) is 14.5 Å². The number of rotatable bonds is 5. The van der Waals surface area contributed by atoms with Crippen molar-refractivity contribution in [3.63, 3.8) is 0 Å². The van der Waals surface area contributed by atoms with Crippen molar-refractivity contribution < 1.29 is 33.3 Å². The van der Waals surface area contributed by atoms with Crippen LogP contribution in [-0.2, 0) is 33.3 Å². The summed E-state index contributed by atoms with van der Waals surface area (Å²) in [5, 5.41) is 0.361. The standard InChI is InChI=1S/C17H18ClN3O7/c1-8(22)25-6-12-14(26-9(2)23)15(27-10(3)24)17(28-12)21-7-20-16-13(21)11(18)4-5-19-16/h4-5,7,12,14-15,17H,6H2,1-3H3/t12-,14-,15-,17-/m1/s1. The molecule has 4 atom stereocenters. The van der Waals surface area contributed by atoms with Gasteiger partial charge in [0.05, 0.1) is 11.3 Å². The van der Waals surface area contributed by atoms with E-state index in [0.29, 0.717) is 16.2 Å². The monoisotopic (exact) mass is 411 g/mol. The minimum atomic E-state index is -1.02. The first-order valence-electron chi connectivity index (χ1n) is 8.38. The molecule has 0 spiro atoms. The van der Waals surface area contributed by atoms with Crippen molar-refractivity contribution in [3.8, 4) is 0 Å². The zero-order valence-corrected chi connectivity index (χ0v) is 16.1. The number of halogens is 1. The summed E-state index contributed by atoms with van der Waals surface area (Å²) >= 11 is 6.28. The number of imidazole rings is 1. The molecule has 0 bridgehead atoms. The molecule has 3 heterocycles. The van der Waals surface area contributed by atoms with Gasteiger partial charge in [-0.05, 0) is 6.07 Å². The number of hydrogen-bond acceptors (Lipinski definition) is 9. The van der Waals surface area contributed by atoms with Gasteiger partial charge in [-0.2, -0.15) is 0 Å². The summed E-state index contributed by atoms with van der Waals surface area (Å²) in [6.45, 7) is 3.49. The topological polar surface area (TPSA) is 119 Å². The van der Waals surface area contributed by atoms with Crippen LogP contribution in [0.3, 0.4) is 0 Å². The van der Waals surface area contributed by atoms with Crippen LogP contribution in [0, 0.1) is 0 Å². The fourth-order valence-electron chi connectivity index (χ4n) is 3.04. The molecule has 0 radical (unpaired) electrons. The molecule has 150 valence electrons. The zero-order chi connectivity index (χ0) is 20.4. The Morgan fingerprint density at radius 2 is 1.79 bits per heavy atom. The third-order valence-electron chi connectivity index (χ3n) is 4.03. The molecule has 2 aromatic heterocycles. The van der Waals surface area contributed by atoms with E-state index >= 15 is 0 Å². The molecule has 0 amide bonds. The Labute approximate surface area is 164 Å². The van der Waals surface area contributed by atoms with Crippen LogP contribution in [0.2, 0.25) is 5.02 Å². The van der Waals surface area contributed by atoms with Crippen LogP contribution in [0.5, 0.6) is 0 Å². The number of pyridine rings is 1. The van der Waals surface area contributed by atoms with Gasteiger partial charge in [-0.25, -0.2) is 9.97 Å². The summed E-state index contributed by atoms with van der Waals surface area (Å²) < 4.78 is 23.2. The number of hydrogen-bond donors (Lipinski definition) is 0. The van der Waals surface area contributed by atoms with Gasteiger partial charge in [0.1, 0.15) is 18.2 Å². The fraction of sp³-hybridized carbons (Fsp3) is 0.471. The SMILES string of the molecule is CC(=O)OC[C@H]1O[C@@H](n2cnc3nccc(Cl)c32)[C@H](OC(C)=O)[C@@H]1OC(C)=O. The molecular weight excluding hydrogens is 394 g/mol. The summed E-state index contributed by atoms with van der Waals surface area (Å²) in [5.74, 6) is -1.73. The molecule has 0 aromatic carbocycles. The second-order valence-electron chi connectivity index (χ2n) is 6.13. The lowest BCUT2D eigenvalue weighted by Gasteiger charge is -2.24. The van der Waals surface area contributed by atoms with E-state index in [-0.39, 0.29) is 6.61 Å². The molecule has 1 saturated heterocycles. The molecule has 0 unspecified atom stereocenters. The maximum Gasteiger partial charge on any atom is 0.303 e. The van der Waals surface area contributed by atoms with Gasteiger partial charge in [-0.3, -0.25) is 19.0 Å². The first kappa shape index (κ1) is 20.0. The number of carbonyl (C=O) groups excluding carboxylic acids is 3. The van der Waals surface area contributed by atoms with E-state index in [1.165, 1.54) is 33.3 Å². The number of nitrogens with zero attached hydrogens (tertiary/aromatic N) is 3. The lowest BCUT2D eigenvalue weighted by molar-refractivity contribution is -0.166.